The predicted octanol–water partition coefficient (Wildman–Crippen LogP) is 4.52. The van der Waals surface area contributed by atoms with Crippen LogP contribution in [0.3, 0.4) is 0 Å². The molecule has 0 N–H and O–H groups in total. The van der Waals surface area contributed by atoms with E-state index in [4.69, 9.17) is 9.47 Å². The summed E-state index contributed by atoms with van der Waals surface area (Å²) in [5.41, 5.74) is 2.96. The highest BCUT2D eigenvalue weighted by Gasteiger charge is 2.13. The molecule has 0 radical (unpaired) electrons. The molecule has 0 fully saturated rings. The van der Waals surface area contributed by atoms with Crippen molar-refractivity contribution in [2.75, 3.05) is 13.7 Å². The van der Waals surface area contributed by atoms with Gasteiger partial charge < -0.3 is 9.47 Å². The molecule has 0 unspecified atom stereocenters. The van der Waals surface area contributed by atoms with E-state index in [9.17, 15) is 4.79 Å². The average molecular weight is 392 g/mol. The third-order valence-corrected chi connectivity index (χ3v) is 5.44. The molecule has 0 spiro atoms. The Morgan fingerprint density at radius 1 is 1.11 bits per heavy atom. The van der Waals surface area contributed by atoms with Crippen molar-refractivity contribution in [2.45, 2.75) is 13.5 Å². The molecule has 5 nitrogen and oxygen atoms in total. The first-order valence-corrected chi connectivity index (χ1v) is 9.84. The number of aromatic nitrogens is 2. The van der Waals surface area contributed by atoms with E-state index in [1.165, 1.54) is 11.3 Å². The number of ether oxygens (including phenoxy) is 2. The van der Waals surface area contributed by atoms with Crippen LogP contribution in [-0.4, -0.2) is 23.3 Å². The van der Waals surface area contributed by atoms with E-state index in [1.807, 2.05) is 60.8 Å². The van der Waals surface area contributed by atoms with Crippen LogP contribution in [0, 0.1) is 6.92 Å². The minimum Gasteiger partial charge on any atom is -0.497 e. The smallest absolute Gasteiger partial charge is 0.262 e. The molecule has 0 saturated carbocycles. The molecule has 2 heterocycles. The van der Waals surface area contributed by atoms with Gasteiger partial charge in [-0.15, -0.1) is 11.3 Å². The quantitative estimate of drug-likeness (QED) is 0.484. The number of methoxy groups -OCH3 is 1. The van der Waals surface area contributed by atoms with Crippen molar-refractivity contribution in [3.8, 4) is 22.6 Å². The standard InChI is InChI=1S/C22H20N2O3S/c1-15-4-3-5-18(12-15)27-11-10-24-14-23-21-20(22(24)25)19(13-28-21)16-6-8-17(26-2)9-7-16/h3-9,12-14H,10-11H2,1-2H3. The lowest BCUT2D eigenvalue weighted by Crippen LogP contribution is -2.23. The van der Waals surface area contributed by atoms with Crippen molar-refractivity contribution >= 4 is 21.6 Å². The Bertz CT molecular complexity index is 1160. The highest BCUT2D eigenvalue weighted by molar-refractivity contribution is 7.17. The van der Waals surface area contributed by atoms with Crippen molar-refractivity contribution in [3.05, 3.63) is 76.2 Å². The summed E-state index contributed by atoms with van der Waals surface area (Å²) in [7, 11) is 1.64. The second kappa shape index (κ2) is 7.86. The summed E-state index contributed by atoms with van der Waals surface area (Å²) in [4.78, 5) is 18.3. The van der Waals surface area contributed by atoms with Crippen LogP contribution >= 0.6 is 11.3 Å². The Kier molecular flexibility index (Phi) is 5.12. The van der Waals surface area contributed by atoms with Gasteiger partial charge in [0, 0.05) is 10.9 Å². The van der Waals surface area contributed by atoms with Crippen LogP contribution in [-0.2, 0) is 6.54 Å². The molecular weight excluding hydrogens is 372 g/mol. The Morgan fingerprint density at radius 3 is 2.68 bits per heavy atom. The molecule has 0 aliphatic carbocycles. The van der Waals surface area contributed by atoms with Crippen molar-refractivity contribution in [3.63, 3.8) is 0 Å². The third kappa shape index (κ3) is 3.64. The lowest BCUT2D eigenvalue weighted by atomic mass is 10.1. The molecular formula is C22H20N2O3S. The van der Waals surface area contributed by atoms with Crippen LogP contribution in [0.1, 0.15) is 5.56 Å². The monoisotopic (exact) mass is 392 g/mol. The molecule has 142 valence electrons. The average Bonchev–Trinajstić information content (AvgIpc) is 3.15. The topological polar surface area (TPSA) is 53.4 Å². The summed E-state index contributed by atoms with van der Waals surface area (Å²) in [6.07, 6.45) is 1.60. The van der Waals surface area contributed by atoms with Crippen LogP contribution in [0.2, 0.25) is 0 Å². The van der Waals surface area contributed by atoms with Crippen molar-refractivity contribution in [2.24, 2.45) is 0 Å². The summed E-state index contributed by atoms with van der Waals surface area (Å²) in [6.45, 7) is 2.86. The fourth-order valence-corrected chi connectivity index (χ4v) is 3.98. The van der Waals surface area contributed by atoms with Gasteiger partial charge in [0.05, 0.1) is 25.4 Å². The molecule has 6 heteroatoms. The van der Waals surface area contributed by atoms with Crippen LogP contribution in [0.15, 0.2) is 65.0 Å². The summed E-state index contributed by atoms with van der Waals surface area (Å²) in [5, 5.41) is 2.63. The molecule has 0 bridgehead atoms. The summed E-state index contributed by atoms with van der Waals surface area (Å²) < 4.78 is 12.6. The van der Waals surface area contributed by atoms with Gasteiger partial charge in [-0.3, -0.25) is 9.36 Å². The Morgan fingerprint density at radius 2 is 1.93 bits per heavy atom. The zero-order chi connectivity index (χ0) is 19.5. The second-order valence-electron chi connectivity index (χ2n) is 6.47. The van der Waals surface area contributed by atoms with E-state index in [0.29, 0.717) is 18.5 Å². The Hall–Kier alpha value is -3.12. The van der Waals surface area contributed by atoms with Crippen LogP contribution < -0.4 is 15.0 Å². The molecule has 0 atom stereocenters. The van der Waals surface area contributed by atoms with E-state index in [1.54, 1.807) is 18.0 Å². The van der Waals surface area contributed by atoms with Gasteiger partial charge >= 0.3 is 0 Å². The number of benzene rings is 2. The van der Waals surface area contributed by atoms with Crippen molar-refractivity contribution < 1.29 is 9.47 Å². The van der Waals surface area contributed by atoms with Gasteiger partial charge in [0.15, 0.2) is 0 Å². The first-order chi connectivity index (χ1) is 13.7. The number of hydrogen-bond donors (Lipinski definition) is 0. The molecule has 0 aliphatic rings. The van der Waals surface area contributed by atoms with Crippen LogP contribution in [0.4, 0.5) is 0 Å². The maximum atomic E-state index is 13.1. The zero-order valence-corrected chi connectivity index (χ0v) is 16.5. The normalized spacial score (nSPS) is 10.9. The van der Waals surface area contributed by atoms with E-state index in [-0.39, 0.29) is 5.56 Å². The fourth-order valence-electron chi connectivity index (χ4n) is 3.08. The maximum absolute atomic E-state index is 13.1. The second-order valence-corrected chi connectivity index (χ2v) is 7.32. The molecule has 0 amide bonds. The summed E-state index contributed by atoms with van der Waals surface area (Å²) >= 11 is 1.48. The number of rotatable bonds is 6. The SMILES string of the molecule is COc1ccc(-c2csc3ncn(CCOc4cccc(C)c4)c(=O)c23)cc1. The molecule has 2 aromatic heterocycles. The van der Waals surface area contributed by atoms with E-state index >= 15 is 0 Å². The van der Waals surface area contributed by atoms with Crippen molar-refractivity contribution in [1.82, 2.24) is 9.55 Å². The number of fused-ring (bicyclic) bond motifs is 1. The molecule has 0 saturated heterocycles. The predicted molar refractivity (Wildman–Crippen MR) is 113 cm³/mol. The number of aryl methyl sites for hydroxylation is 1. The first-order valence-electron chi connectivity index (χ1n) is 8.96. The van der Waals surface area contributed by atoms with Crippen molar-refractivity contribution in [1.29, 1.82) is 0 Å². The van der Waals surface area contributed by atoms with Crippen LogP contribution in [0.5, 0.6) is 11.5 Å². The number of nitrogens with zero attached hydrogens (tertiary/aromatic N) is 2. The maximum Gasteiger partial charge on any atom is 0.262 e. The largest absolute Gasteiger partial charge is 0.497 e. The molecule has 4 aromatic rings. The minimum absolute atomic E-state index is 0.0510. The Labute approximate surface area is 166 Å². The van der Waals surface area contributed by atoms with Gasteiger partial charge in [-0.2, -0.15) is 0 Å². The molecule has 0 aliphatic heterocycles. The number of thiophene rings is 1. The third-order valence-electron chi connectivity index (χ3n) is 4.55. The highest BCUT2D eigenvalue weighted by atomic mass is 32.1. The summed E-state index contributed by atoms with van der Waals surface area (Å²) in [6, 6.07) is 15.6. The Balaban J connectivity index is 1.60. The highest BCUT2D eigenvalue weighted by Crippen LogP contribution is 2.31. The summed E-state index contributed by atoms with van der Waals surface area (Å²) in [5.74, 6) is 1.59. The van der Waals surface area contributed by atoms with E-state index in [2.05, 4.69) is 4.98 Å². The number of hydrogen-bond acceptors (Lipinski definition) is 5. The van der Waals surface area contributed by atoms with E-state index in [0.717, 1.165) is 33.0 Å². The van der Waals surface area contributed by atoms with E-state index < -0.39 is 0 Å². The fraction of sp³-hybridized carbons (Fsp3) is 0.182. The van der Waals surface area contributed by atoms with Gasteiger partial charge in [-0.1, -0.05) is 24.3 Å². The van der Waals surface area contributed by atoms with Gasteiger partial charge in [0.2, 0.25) is 0 Å². The first kappa shape index (κ1) is 18.3. The lowest BCUT2D eigenvalue weighted by Gasteiger charge is -2.09. The van der Waals surface area contributed by atoms with Gasteiger partial charge in [0.1, 0.15) is 22.9 Å². The van der Waals surface area contributed by atoms with Gasteiger partial charge in [0.25, 0.3) is 5.56 Å². The molecule has 4 rings (SSSR count). The van der Waals surface area contributed by atoms with Crippen LogP contribution in [0.25, 0.3) is 21.3 Å². The van der Waals surface area contributed by atoms with Gasteiger partial charge in [-0.25, -0.2) is 4.98 Å². The molecule has 2 aromatic carbocycles. The lowest BCUT2D eigenvalue weighted by molar-refractivity contribution is 0.296. The van der Waals surface area contributed by atoms with Gasteiger partial charge in [-0.05, 0) is 42.3 Å². The minimum atomic E-state index is -0.0510. The molecule has 28 heavy (non-hydrogen) atoms. The zero-order valence-electron chi connectivity index (χ0n) is 15.7.